The van der Waals surface area contributed by atoms with E-state index in [0.29, 0.717) is 12.8 Å². The molecule has 11 heteroatoms. The summed E-state index contributed by atoms with van der Waals surface area (Å²) in [6, 6.07) is 0. The summed E-state index contributed by atoms with van der Waals surface area (Å²) >= 11 is 0. The average Bonchev–Trinajstić information content (AvgIpc) is 2.40. The molecule has 0 amide bonds. The minimum atomic E-state index is -0.694. The van der Waals surface area contributed by atoms with Gasteiger partial charge in [-0.05, 0) is 12.8 Å². The predicted molar refractivity (Wildman–Crippen MR) is 78.6 cm³/mol. The summed E-state index contributed by atoms with van der Waals surface area (Å²) in [6.45, 7) is 0. The summed E-state index contributed by atoms with van der Waals surface area (Å²) in [7, 11) is 0. The van der Waals surface area contributed by atoms with Crippen molar-refractivity contribution in [2.75, 3.05) is 0 Å². The Balaban J connectivity index is -0.000000144. The Bertz CT molecular complexity index is 216. The molecule has 0 aliphatic heterocycles. The fraction of sp³-hybridized carbons (Fsp3) is 0.833. The van der Waals surface area contributed by atoms with Crippen LogP contribution in [0.2, 0.25) is 0 Å². The van der Waals surface area contributed by atoms with Crippen molar-refractivity contribution < 1.29 is 51.8 Å². The van der Waals surface area contributed by atoms with E-state index in [1.807, 2.05) is 0 Å². The molecule has 0 spiro atoms. The fourth-order valence-corrected chi connectivity index (χ4v) is 1.68. The summed E-state index contributed by atoms with van der Waals surface area (Å²) in [5, 5.41) is 19.3. The van der Waals surface area contributed by atoms with E-state index in [1.165, 1.54) is 0 Å². The largest absolute Gasteiger partial charge is 2.00 e. The second-order valence-corrected chi connectivity index (χ2v) is 4.24. The van der Waals surface area contributed by atoms with Gasteiger partial charge < -0.3 is 42.2 Å². The number of hydrogen-bond donors (Lipinski definition) is 0. The SMILES string of the molecule is O.O.O.O.O=C(CCCCCCCCCCC(=O)O[O-])O[O-].[Mg+2]. The molecule has 0 saturated carbocycles. The Hall–Kier alpha value is -0.534. The molecule has 0 fully saturated rings. The van der Waals surface area contributed by atoms with Crippen molar-refractivity contribution in [1.82, 2.24) is 0 Å². The zero-order chi connectivity index (χ0) is 13.6. The first-order chi connectivity index (χ1) is 8.70. The van der Waals surface area contributed by atoms with Crippen molar-refractivity contribution in [1.29, 1.82) is 0 Å². The van der Waals surface area contributed by atoms with Crippen LogP contribution < -0.4 is 10.5 Å². The zero-order valence-corrected chi connectivity index (χ0v) is 14.6. The van der Waals surface area contributed by atoms with Crippen molar-refractivity contribution in [3.8, 4) is 0 Å². The van der Waals surface area contributed by atoms with E-state index in [1.54, 1.807) is 0 Å². The summed E-state index contributed by atoms with van der Waals surface area (Å²) in [5.74, 6) is -1.39. The van der Waals surface area contributed by atoms with Gasteiger partial charge in [-0.15, -0.1) is 0 Å². The molecule has 0 unspecified atom stereocenters. The molecule has 0 saturated heterocycles. The molecule has 0 heterocycles. The van der Waals surface area contributed by atoms with Gasteiger partial charge in [0.25, 0.3) is 11.9 Å². The number of unbranched alkanes of at least 4 members (excludes halogenated alkanes) is 7. The molecule has 0 rings (SSSR count). The summed E-state index contributed by atoms with van der Waals surface area (Å²) < 4.78 is 0. The zero-order valence-electron chi connectivity index (χ0n) is 13.2. The first-order valence-corrected chi connectivity index (χ1v) is 6.36. The Labute approximate surface area is 151 Å². The topological polar surface area (TPSA) is 225 Å². The van der Waals surface area contributed by atoms with Gasteiger partial charge in [-0.1, -0.05) is 38.5 Å². The van der Waals surface area contributed by atoms with Crippen molar-refractivity contribution >= 4 is 35.0 Å². The maximum absolute atomic E-state index is 10.5. The van der Waals surface area contributed by atoms with Gasteiger partial charge in [0.05, 0.1) is 0 Å². The molecule has 0 radical (unpaired) electrons. The molecule has 0 aromatic heterocycles. The molecule has 0 aromatic rings. The molecule has 138 valence electrons. The molecule has 0 aromatic carbocycles. The van der Waals surface area contributed by atoms with Gasteiger partial charge in [-0.25, -0.2) is 0 Å². The second kappa shape index (κ2) is 29.5. The molecule has 0 bridgehead atoms. The predicted octanol–water partition coefficient (Wildman–Crippen LogP) is -3.16. The van der Waals surface area contributed by atoms with Gasteiger partial charge in [-0.2, -0.15) is 0 Å². The minimum Gasteiger partial charge on any atom is -0.662 e. The standard InChI is InChI=1S/C12H22O6.Mg.4H2O/c13-11(17-15)9-7-5-3-1-2-4-6-8-10-12(14)18-16;;;;;/h15-16H,1-10H2;;4*1H2/q;+2;;;;/p-2. The number of carbonyl (C=O) groups is 2. The summed E-state index contributed by atoms with van der Waals surface area (Å²) in [6.07, 6.45) is 7.78. The van der Waals surface area contributed by atoms with Gasteiger partial charge in [-0.3, -0.25) is 9.59 Å². The van der Waals surface area contributed by atoms with Crippen LogP contribution >= 0.6 is 0 Å². The van der Waals surface area contributed by atoms with Gasteiger partial charge in [0.15, 0.2) is 0 Å². The smallest absolute Gasteiger partial charge is 0.662 e. The minimum absolute atomic E-state index is 0. The maximum atomic E-state index is 10.5. The van der Waals surface area contributed by atoms with E-state index in [-0.39, 0.29) is 57.8 Å². The van der Waals surface area contributed by atoms with E-state index in [2.05, 4.69) is 9.78 Å². The normalized spacial score (nSPS) is 7.91. The number of rotatable bonds is 11. The maximum Gasteiger partial charge on any atom is 2.00 e. The van der Waals surface area contributed by atoms with Crippen LogP contribution in [0, 0.1) is 0 Å². The Morgan fingerprint density at radius 2 is 0.783 bits per heavy atom. The van der Waals surface area contributed by atoms with Crippen molar-refractivity contribution in [2.45, 2.75) is 64.2 Å². The third kappa shape index (κ3) is 30.0. The Kier molecular flexibility index (Phi) is 48.9. The van der Waals surface area contributed by atoms with Crippen LogP contribution in [0.25, 0.3) is 0 Å². The molecule has 0 atom stereocenters. The summed E-state index contributed by atoms with van der Waals surface area (Å²) in [4.78, 5) is 27.6. The van der Waals surface area contributed by atoms with Crippen LogP contribution in [0.15, 0.2) is 0 Å². The molecule has 8 N–H and O–H groups in total. The van der Waals surface area contributed by atoms with Crippen LogP contribution in [-0.2, 0) is 19.4 Å². The second-order valence-electron chi connectivity index (χ2n) is 4.24. The van der Waals surface area contributed by atoms with E-state index >= 15 is 0 Å². The molecule has 23 heavy (non-hydrogen) atoms. The third-order valence-electron chi connectivity index (χ3n) is 2.70. The number of carbonyl (C=O) groups excluding carboxylic acids is 2. The average molecular weight is 357 g/mol. The fourth-order valence-electron chi connectivity index (χ4n) is 1.68. The Morgan fingerprint density at radius 1 is 0.565 bits per heavy atom. The summed E-state index contributed by atoms with van der Waals surface area (Å²) in [5.41, 5.74) is 0. The first-order valence-electron chi connectivity index (χ1n) is 6.36. The van der Waals surface area contributed by atoms with Crippen LogP contribution in [-0.4, -0.2) is 56.9 Å². The van der Waals surface area contributed by atoms with Gasteiger partial charge in [0.1, 0.15) is 0 Å². The van der Waals surface area contributed by atoms with Crippen molar-refractivity contribution in [3.63, 3.8) is 0 Å². The van der Waals surface area contributed by atoms with E-state index in [9.17, 15) is 20.1 Å². The van der Waals surface area contributed by atoms with E-state index < -0.39 is 11.9 Å². The van der Waals surface area contributed by atoms with E-state index in [0.717, 1.165) is 38.5 Å². The molecular weight excluding hydrogens is 328 g/mol. The van der Waals surface area contributed by atoms with Crippen LogP contribution in [0.3, 0.4) is 0 Å². The molecule has 0 aliphatic rings. The van der Waals surface area contributed by atoms with Crippen LogP contribution in [0.1, 0.15) is 64.2 Å². The van der Waals surface area contributed by atoms with Crippen molar-refractivity contribution in [2.24, 2.45) is 0 Å². The van der Waals surface area contributed by atoms with Crippen LogP contribution in [0.4, 0.5) is 0 Å². The molecule has 0 aliphatic carbocycles. The quantitative estimate of drug-likeness (QED) is 0.160. The van der Waals surface area contributed by atoms with Gasteiger partial charge >= 0.3 is 23.1 Å². The number of hydrogen-bond acceptors (Lipinski definition) is 6. The van der Waals surface area contributed by atoms with Crippen LogP contribution in [0.5, 0.6) is 0 Å². The van der Waals surface area contributed by atoms with E-state index in [4.69, 9.17) is 0 Å². The van der Waals surface area contributed by atoms with Gasteiger partial charge in [0.2, 0.25) is 0 Å². The Morgan fingerprint density at radius 3 is 1.00 bits per heavy atom. The molecular formula is C12H28MgO10. The third-order valence-corrected chi connectivity index (χ3v) is 2.70. The first kappa shape index (κ1) is 38.2. The molecule has 10 nitrogen and oxygen atoms in total. The monoisotopic (exact) mass is 356 g/mol. The van der Waals surface area contributed by atoms with Crippen molar-refractivity contribution in [3.05, 3.63) is 0 Å². The van der Waals surface area contributed by atoms with Gasteiger partial charge in [0, 0.05) is 12.8 Å².